The number of benzene rings is 2. The first-order valence-electron chi connectivity index (χ1n) is 17.9. The lowest BCUT2D eigenvalue weighted by Gasteiger charge is -2.42. The molecular formula is C37H45N9O4. The quantitative estimate of drug-likeness (QED) is 0.278. The number of nitrogens with one attached hydrogen (secondary N) is 2. The van der Waals surface area contributed by atoms with Crippen LogP contribution < -0.4 is 5.69 Å². The number of imidazole rings is 1. The van der Waals surface area contributed by atoms with E-state index < -0.39 is 12.2 Å². The summed E-state index contributed by atoms with van der Waals surface area (Å²) in [4.78, 5) is 57.2. The second kappa shape index (κ2) is 13.5. The Labute approximate surface area is 290 Å². The van der Waals surface area contributed by atoms with Crippen LogP contribution in [0.2, 0.25) is 0 Å². The summed E-state index contributed by atoms with van der Waals surface area (Å²) in [5.41, 5.74) is 5.11. The SMILES string of the molecule is Cc1cc(CC(OC(=O)N2CCC(n3c(=O)[nH]c4c5ccccc5ncc43)CC2)C(=O)N2CCC(N3CCN(C)CC3)CC2)cc2cn[nH]c12. The third-order valence-corrected chi connectivity index (χ3v) is 11.1. The molecule has 262 valence electrons. The van der Waals surface area contributed by atoms with Gasteiger partial charge in [-0.2, -0.15) is 5.10 Å². The molecule has 13 heteroatoms. The zero-order valence-electron chi connectivity index (χ0n) is 28.8. The van der Waals surface area contributed by atoms with E-state index in [9.17, 15) is 14.4 Å². The number of pyridine rings is 1. The first-order chi connectivity index (χ1) is 24.3. The number of aryl methyl sites for hydroxylation is 1. The van der Waals surface area contributed by atoms with Crippen LogP contribution in [0.15, 0.2) is 53.6 Å². The average Bonchev–Trinajstić information content (AvgIpc) is 3.76. The first-order valence-corrected chi connectivity index (χ1v) is 17.9. The number of hydrogen-bond acceptors (Lipinski definition) is 8. The topological polar surface area (TPSA) is 136 Å². The predicted molar refractivity (Wildman–Crippen MR) is 191 cm³/mol. The summed E-state index contributed by atoms with van der Waals surface area (Å²) in [6.07, 6.45) is 5.39. The lowest BCUT2D eigenvalue weighted by Crippen LogP contribution is -2.54. The van der Waals surface area contributed by atoms with Gasteiger partial charge in [-0.15, -0.1) is 0 Å². The van der Waals surface area contributed by atoms with Crippen LogP contribution in [0.3, 0.4) is 0 Å². The molecule has 3 fully saturated rings. The number of H-pyrrole nitrogens is 2. The summed E-state index contributed by atoms with van der Waals surface area (Å²) in [6, 6.07) is 12.2. The fraction of sp³-hybridized carbons (Fsp3) is 0.486. The summed E-state index contributed by atoms with van der Waals surface area (Å²) in [6.45, 7) is 8.41. The van der Waals surface area contributed by atoms with Gasteiger partial charge in [0, 0.05) is 81.6 Å². The van der Waals surface area contributed by atoms with E-state index in [4.69, 9.17) is 4.74 Å². The van der Waals surface area contributed by atoms with Crippen molar-refractivity contribution in [1.29, 1.82) is 0 Å². The van der Waals surface area contributed by atoms with E-state index >= 15 is 0 Å². The van der Waals surface area contributed by atoms with Gasteiger partial charge in [0.25, 0.3) is 5.91 Å². The van der Waals surface area contributed by atoms with Gasteiger partial charge in [-0.25, -0.2) is 9.59 Å². The molecule has 8 rings (SSSR count). The molecule has 3 aromatic heterocycles. The van der Waals surface area contributed by atoms with Crippen molar-refractivity contribution in [2.24, 2.45) is 0 Å². The van der Waals surface area contributed by atoms with Gasteiger partial charge >= 0.3 is 11.8 Å². The molecule has 1 atom stereocenters. The Morgan fingerprint density at radius 2 is 1.62 bits per heavy atom. The van der Waals surface area contributed by atoms with Crippen molar-refractivity contribution in [3.05, 3.63) is 70.4 Å². The third kappa shape index (κ3) is 6.24. The van der Waals surface area contributed by atoms with Crippen molar-refractivity contribution in [2.75, 3.05) is 59.4 Å². The van der Waals surface area contributed by atoms with E-state index in [0.29, 0.717) is 45.1 Å². The first kappa shape index (κ1) is 32.5. The van der Waals surface area contributed by atoms with Gasteiger partial charge in [0.1, 0.15) is 0 Å². The molecule has 50 heavy (non-hydrogen) atoms. The number of aromatic amines is 2. The molecule has 0 saturated carbocycles. The van der Waals surface area contributed by atoms with Gasteiger partial charge < -0.3 is 24.4 Å². The summed E-state index contributed by atoms with van der Waals surface area (Å²) in [7, 11) is 2.17. The number of ether oxygens (including phenoxy) is 1. The normalized spacial score (nSPS) is 19.5. The maximum Gasteiger partial charge on any atom is 0.410 e. The molecule has 3 saturated heterocycles. The second-order valence-electron chi connectivity index (χ2n) is 14.3. The van der Waals surface area contributed by atoms with Gasteiger partial charge in [0.05, 0.1) is 34.5 Å². The molecule has 5 aromatic rings. The zero-order chi connectivity index (χ0) is 34.4. The Hall–Kier alpha value is -4.75. The number of rotatable bonds is 6. The molecule has 6 heterocycles. The van der Waals surface area contributed by atoms with Gasteiger partial charge in [-0.3, -0.25) is 24.3 Å². The molecule has 0 bridgehead atoms. The van der Waals surface area contributed by atoms with Crippen molar-refractivity contribution < 1.29 is 14.3 Å². The van der Waals surface area contributed by atoms with Crippen LogP contribution >= 0.6 is 0 Å². The number of para-hydroxylation sites is 1. The van der Waals surface area contributed by atoms with Gasteiger partial charge in [-0.05, 0) is 62.9 Å². The molecule has 2 aromatic carbocycles. The Morgan fingerprint density at radius 1 is 0.900 bits per heavy atom. The monoisotopic (exact) mass is 679 g/mol. The lowest BCUT2D eigenvalue weighted by molar-refractivity contribution is -0.142. The number of nitrogens with zero attached hydrogens (tertiary/aromatic N) is 7. The van der Waals surface area contributed by atoms with Gasteiger partial charge in [-0.1, -0.05) is 24.3 Å². The molecule has 2 amide bonds. The van der Waals surface area contributed by atoms with Crippen LogP contribution in [0.25, 0.3) is 32.8 Å². The number of hydrogen-bond donors (Lipinski definition) is 2. The molecule has 3 aliphatic rings. The highest BCUT2D eigenvalue weighted by atomic mass is 16.6. The third-order valence-electron chi connectivity index (χ3n) is 11.1. The number of amides is 2. The number of piperazine rings is 1. The maximum absolute atomic E-state index is 14.2. The Morgan fingerprint density at radius 3 is 2.40 bits per heavy atom. The maximum atomic E-state index is 14.2. The Balaban J connectivity index is 0.961. The van der Waals surface area contributed by atoms with Crippen LogP contribution in [-0.2, 0) is 16.0 Å². The summed E-state index contributed by atoms with van der Waals surface area (Å²) >= 11 is 0. The van der Waals surface area contributed by atoms with Crippen LogP contribution in [0.1, 0.15) is 42.9 Å². The number of likely N-dealkylation sites (tertiary alicyclic amines) is 2. The zero-order valence-corrected chi connectivity index (χ0v) is 28.8. The van der Waals surface area contributed by atoms with Crippen molar-refractivity contribution in [3.8, 4) is 0 Å². The summed E-state index contributed by atoms with van der Waals surface area (Å²) in [5, 5.41) is 9.09. The summed E-state index contributed by atoms with van der Waals surface area (Å²) in [5.74, 6) is -0.139. The van der Waals surface area contributed by atoms with E-state index in [1.165, 1.54) is 0 Å². The molecule has 1 unspecified atom stereocenters. The highest BCUT2D eigenvalue weighted by Crippen LogP contribution is 2.29. The Kier molecular flexibility index (Phi) is 8.77. The largest absolute Gasteiger partial charge is 0.436 e. The number of fused-ring (bicyclic) bond motifs is 4. The van der Waals surface area contributed by atoms with Crippen LogP contribution in [0.4, 0.5) is 4.79 Å². The van der Waals surface area contributed by atoms with Crippen molar-refractivity contribution in [2.45, 2.75) is 57.2 Å². The minimum absolute atomic E-state index is 0.0908. The number of likely N-dealkylation sites (N-methyl/N-ethyl adjacent to an activating group) is 1. The summed E-state index contributed by atoms with van der Waals surface area (Å²) < 4.78 is 7.92. The lowest BCUT2D eigenvalue weighted by atomic mass is 9.99. The Bertz CT molecular complexity index is 2080. The average molecular weight is 680 g/mol. The molecule has 2 N–H and O–H groups in total. The highest BCUT2D eigenvalue weighted by Gasteiger charge is 2.35. The number of carbonyl (C=O) groups excluding carboxylic acids is 2. The standard InChI is InChI=1S/C37H45N9O4/c1-24-19-25(20-26-22-39-41-33(24)26)21-32(35(47)44-11-7-27(8-12-44)43-17-15-42(2)16-18-43)50-37(49)45-13-9-28(10-14-45)46-31-23-38-30-6-4-3-5-29(30)34(31)40-36(46)48/h3-6,19-20,22-23,27-28,32H,7-18,21H2,1-2H3,(H,39,41)(H,40,48). The molecule has 0 aliphatic carbocycles. The van der Waals surface area contributed by atoms with E-state index in [0.717, 1.165) is 83.0 Å². The minimum atomic E-state index is -0.945. The van der Waals surface area contributed by atoms with Crippen molar-refractivity contribution >= 4 is 44.8 Å². The van der Waals surface area contributed by atoms with Gasteiger partial charge in [0.15, 0.2) is 6.10 Å². The molecule has 0 spiro atoms. The molecule has 0 radical (unpaired) electrons. The van der Waals surface area contributed by atoms with E-state index in [1.54, 1.807) is 21.9 Å². The van der Waals surface area contributed by atoms with Crippen molar-refractivity contribution in [3.63, 3.8) is 0 Å². The predicted octanol–water partition coefficient (Wildman–Crippen LogP) is 3.69. The second-order valence-corrected chi connectivity index (χ2v) is 14.3. The molecule has 13 nitrogen and oxygen atoms in total. The number of piperidine rings is 2. The number of aromatic nitrogens is 5. The fourth-order valence-corrected chi connectivity index (χ4v) is 8.25. The van der Waals surface area contributed by atoms with Crippen LogP contribution in [0.5, 0.6) is 0 Å². The van der Waals surface area contributed by atoms with Gasteiger partial charge in [0.2, 0.25) is 0 Å². The number of carbonyl (C=O) groups is 2. The van der Waals surface area contributed by atoms with Crippen LogP contribution in [0, 0.1) is 6.92 Å². The minimum Gasteiger partial charge on any atom is -0.436 e. The highest BCUT2D eigenvalue weighted by molar-refractivity contribution is 6.01. The van der Waals surface area contributed by atoms with E-state index in [1.807, 2.05) is 48.2 Å². The van der Waals surface area contributed by atoms with Crippen LogP contribution in [-0.4, -0.2) is 128 Å². The smallest absolute Gasteiger partial charge is 0.410 e. The molecule has 3 aliphatic heterocycles. The van der Waals surface area contributed by atoms with E-state index in [-0.39, 0.29) is 24.1 Å². The fourth-order valence-electron chi connectivity index (χ4n) is 8.25. The van der Waals surface area contributed by atoms with E-state index in [2.05, 4.69) is 37.0 Å². The van der Waals surface area contributed by atoms with Crippen molar-refractivity contribution in [1.82, 2.24) is 44.3 Å². The molecular weight excluding hydrogens is 634 g/mol.